The van der Waals surface area contributed by atoms with Gasteiger partial charge in [-0.25, -0.2) is 9.79 Å². The molecule has 0 saturated carbocycles. The average Bonchev–Trinajstić information content (AvgIpc) is 3.64. The summed E-state index contributed by atoms with van der Waals surface area (Å²) < 4.78 is 24.2. The molecule has 39 heavy (non-hydrogen) atoms. The zero-order chi connectivity index (χ0) is 27.3. The number of esters is 1. The van der Waals surface area contributed by atoms with E-state index in [1.54, 1.807) is 68.5 Å². The van der Waals surface area contributed by atoms with Gasteiger partial charge < -0.3 is 18.6 Å². The highest BCUT2D eigenvalue weighted by molar-refractivity contribution is 7.07. The van der Waals surface area contributed by atoms with Crippen LogP contribution in [0.3, 0.4) is 0 Å². The number of halogens is 2. The predicted molar refractivity (Wildman–Crippen MR) is 147 cm³/mol. The molecule has 11 heteroatoms. The molecule has 0 radical (unpaired) electrons. The summed E-state index contributed by atoms with van der Waals surface area (Å²) in [5, 5.41) is 1.02. The lowest BCUT2D eigenvalue weighted by molar-refractivity contribution is -0.139. The van der Waals surface area contributed by atoms with Gasteiger partial charge in [0.15, 0.2) is 16.3 Å². The number of nitrogens with zero attached hydrogens (tertiary/aromatic N) is 2. The molecule has 0 bridgehead atoms. The molecule has 198 valence electrons. The first-order chi connectivity index (χ1) is 18.8. The molecule has 0 amide bonds. The fourth-order valence-electron chi connectivity index (χ4n) is 4.58. The van der Waals surface area contributed by atoms with Gasteiger partial charge in [-0.3, -0.25) is 9.36 Å². The van der Waals surface area contributed by atoms with Crippen molar-refractivity contribution in [2.24, 2.45) is 4.99 Å². The number of ether oxygens (including phenoxy) is 3. The summed E-state index contributed by atoms with van der Waals surface area (Å²) in [6, 6.07) is 13.2. The molecule has 6 rings (SSSR count). The minimum Gasteiger partial charge on any atom is -0.463 e. The van der Waals surface area contributed by atoms with E-state index in [0.717, 1.165) is 0 Å². The summed E-state index contributed by atoms with van der Waals surface area (Å²) in [5.41, 5.74) is 1.74. The van der Waals surface area contributed by atoms with Gasteiger partial charge >= 0.3 is 5.97 Å². The fourth-order valence-corrected chi connectivity index (χ4v) is 5.99. The molecule has 8 nitrogen and oxygen atoms in total. The molecule has 2 aliphatic heterocycles. The number of benzene rings is 2. The Balaban J connectivity index is 1.48. The molecule has 1 atom stereocenters. The monoisotopic (exact) mass is 582 g/mol. The van der Waals surface area contributed by atoms with Gasteiger partial charge in [0.1, 0.15) is 11.5 Å². The van der Waals surface area contributed by atoms with Crippen LogP contribution in [0.2, 0.25) is 10.0 Å². The molecule has 0 aliphatic carbocycles. The second-order valence-corrected chi connectivity index (χ2v) is 10.6. The SMILES string of the molecule is CCOC(=O)C1=C(C)N=c2s/c(=C/c3ccc(-c4cc(Cl)ccc4Cl)o3)c(=O)n2[C@@H]1c1ccc2c(c1)OCO2. The Labute approximate surface area is 236 Å². The molecule has 2 aliphatic rings. The third kappa shape index (κ3) is 4.56. The number of carbonyl (C=O) groups is 1. The highest BCUT2D eigenvalue weighted by Crippen LogP contribution is 2.38. The Morgan fingerprint density at radius 2 is 1.97 bits per heavy atom. The normalized spacial score (nSPS) is 16.3. The van der Waals surface area contributed by atoms with E-state index in [-0.39, 0.29) is 24.5 Å². The number of hydrogen-bond acceptors (Lipinski definition) is 8. The molecule has 0 spiro atoms. The van der Waals surface area contributed by atoms with Crippen LogP contribution >= 0.6 is 34.5 Å². The zero-order valence-electron chi connectivity index (χ0n) is 20.7. The number of thiazole rings is 1. The number of aromatic nitrogens is 1. The Morgan fingerprint density at radius 3 is 2.79 bits per heavy atom. The van der Waals surface area contributed by atoms with E-state index >= 15 is 0 Å². The van der Waals surface area contributed by atoms with Crippen LogP contribution < -0.4 is 24.4 Å². The van der Waals surface area contributed by atoms with Crippen LogP contribution in [0.4, 0.5) is 0 Å². The third-order valence-corrected chi connectivity index (χ3v) is 7.87. The Kier molecular flexibility index (Phi) is 6.58. The van der Waals surface area contributed by atoms with Crippen LogP contribution in [0.1, 0.15) is 31.2 Å². The second kappa shape index (κ2) is 10.1. The lowest BCUT2D eigenvalue weighted by atomic mass is 9.95. The number of hydrogen-bond donors (Lipinski definition) is 0. The first kappa shape index (κ1) is 25.5. The third-order valence-electron chi connectivity index (χ3n) is 6.32. The molecular weight excluding hydrogens is 563 g/mol. The number of rotatable bonds is 5. The standard InChI is InChI=1S/C28H20Cl2N2O6S/c1-3-35-27(34)24-14(2)31-28-32(25(24)15-4-8-21-22(10-15)37-13-36-21)26(33)23(39-28)12-17-6-9-20(38-17)18-11-16(29)5-7-19(18)30/h4-12,25H,3,13H2,1-2H3/b23-12+/t25-/m1/s1. The molecule has 4 heterocycles. The summed E-state index contributed by atoms with van der Waals surface area (Å²) in [6.07, 6.45) is 1.64. The number of allylic oxidation sites excluding steroid dienone is 1. The highest BCUT2D eigenvalue weighted by atomic mass is 35.5. The van der Waals surface area contributed by atoms with Crippen molar-refractivity contribution < 1.29 is 23.4 Å². The van der Waals surface area contributed by atoms with Crippen LogP contribution in [-0.2, 0) is 9.53 Å². The smallest absolute Gasteiger partial charge is 0.338 e. The largest absolute Gasteiger partial charge is 0.463 e. The maximum absolute atomic E-state index is 13.8. The Hall–Kier alpha value is -3.79. The van der Waals surface area contributed by atoms with Crippen LogP contribution in [-0.4, -0.2) is 23.9 Å². The van der Waals surface area contributed by atoms with Crippen LogP contribution in [0.15, 0.2) is 74.0 Å². The summed E-state index contributed by atoms with van der Waals surface area (Å²) in [5.74, 6) is 1.56. The van der Waals surface area contributed by atoms with E-state index in [2.05, 4.69) is 4.99 Å². The highest BCUT2D eigenvalue weighted by Gasteiger charge is 2.34. The zero-order valence-corrected chi connectivity index (χ0v) is 23.0. The number of fused-ring (bicyclic) bond motifs is 2. The molecular formula is C28H20Cl2N2O6S. The quantitative estimate of drug-likeness (QED) is 0.304. The molecule has 0 N–H and O–H groups in total. The van der Waals surface area contributed by atoms with Gasteiger partial charge in [-0.05, 0) is 61.9 Å². The van der Waals surface area contributed by atoms with Crippen molar-refractivity contribution in [3.63, 3.8) is 0 Å². The summed E-state index contributed by atoms with van der Waals surface area (Å²) >= 11 is 13.7. The second-order valence-electron chi connectivity index (χ2n) is 8.74. The first-order valence-electron chi connectivity index (χ1n) is 12.0. The van der Waals surface area contributed by atoms with E-state index in [0.29, 0.717) is 59.2 Å². The Morgan fingerprint density at radius 1 is 1.15 bits per heavy atom. The fraction of sp³-hybridized carbons (Fsp3) is 0.179. The van der Waals surface area contributed by atoms with Gasteiger partial charge in [-0.1, -0.05) is 40.6 Å². The summed E-state index contributed by atoms with van der Waals surface area (Å²) in [4.78, 5) is 31.9. The maximum Gasteiger partial charge on any atom is 0.338 e. The average molecular weight is 583 g/mol. The van der Waals surface area contributed by atoms with Crippen molar-refractivity contribution >= 4 is 46.6 Å². The molecule has 0 unspecified atom stereocenters. The van der Waals surface area contributed by atoms with Crippen molar-refractivity contribution in [1.82, 2.24) is 4.57 Å². The van der Waals surface area contributed by atoms with Gasteiger partial charge in [-0.2, -0.15) is 0 Å². The van der Waals surface area contributed by atoms with Crippen LogP contribution in [0, 0.1) is 0 Å². The minimum atomic E-state index is -0.769. The van der Waals surface area contributed by atoms with Crippen molar-refractivity contribution in [2.45, 2.75) is 19.9 Å². The number of carbonyl (C=O) groups excluding carboxylic acids is 1. The van der Waals surface area contributed by atoms with E-state index in [1.165, 1.54) is 15.9 Å². The molecule has 0 saturated heterocycles. The van der Waals surface area contributed by atoms with Crippen molar-refractivity contribution in [3.8, 4) is 22.8 Å². The predicted octanol–water partition coefficient (Wildman–Crippen LogP) is 5.09. The van der Waals surface area contributed by atoms with E-state index < -0.39 is 12.0 Å². The van der Waals surface area contributed by atoms with E-state index in [1.807, 2.05) is 0 Å². The van der Waals surface area contributed by atoms with Gasteiger partial charge in [-0.15, -0.1) is 0 Å². The lowest BCUT2D eigenvalue weighted by Gasteiger charge is -2.24. The molecule has 0 fully saturated rings. The maximum atomic E-state index is 13.8. The molecule has 2 aromatic carbocycles. The van der Waals surface area contributed by atoms with Gasteiger partial charge in [0.25, 0.3) is 5.56 Å². The van der Waals surface area contributed by atoms with E-state index in [9.17, 15) is 9.59 Å². The van der Waals surface area contributed by atoms with Gasteiger partial charge in [0.2, 0.25) is 6.79 Å². The van der Waals surface area contributed by atoms with Crippen molar-refractivity contribution in [2.75, 3.05) is 13.4 Å². The van der Waals surface area contributed by atoms with Gasteiger partial charge in [0, 0.05) is 16.7 Å². The summed E-state index contributed by atoms with van der Waals surface area (Å²) in [7, 11) is 0. The molecule has 4 aromatic rings. The van der Waals surface area contributed by atoms with Crippen LogP contribution in [0.5, 0.6) is 11.5 Å². The van der Waals surface area contributed by atoms with Crippen molar-refractivity contribution in [3.05, 3.63) is 101 Å². The lowest BCUT2D eigenvalue weighted by Crippen LogP contribution is -2.39. The van der Waals surface area contributed by atoms with Crippen molar-refractivity contribution in [1.29, 1.82) is 0 Å². The summed E-state index contributed by atoms with van der Waals surface area (Å²) in [6.45, 7) is 3.75. The van der Waals surface area contributed by atoms with E-state index in [4.69, 9.17) is 41.8 Å². The number of furan rings is 1. The topological polar surface area (TPSA) is 92.3 Å². The minimum absolute atomic E-state index is 0.104. The Bertz CT molecular complexity index is 1850. The first-order valence-corrected chi connectivity index (χ1v) is 13.6. The van der Waals surface area contributed by atoms with Gasteiger partial charge in [0.05, 0.1) is 33.5 Å². The molecule has 2 aromatic heterocycles. The van der Waals surface area contributed by atoms with Crippen LogP contribution in [0.25, 0.3) is 17.4 Å².